The summed E-state index contributed by atoms with van der Waals surface area (Å²) < 4.78 is 37.2. The van der Waals surface area contributed by atoms with E-state index in [9.17, 15) is 13.2 Å². The third kappa shape index (κ3) is 5.29. The highest BCUT2D eigenvalue weighted by molar-refractivity contribution is 7.99. The summed E-state index contributed by atoms with van der Waals surface area (Å²) in [5.74, 6) is -0.608. The van der Waals surface area contributed by atoms with Gasteiger partial charge in [-0.25, -0.2) is 4.99 Å². The van der Waals surface area contributed by atoms with Gasteiger partial charge in [0.25, 0.3) is 0 Å². The van der Waals surface area contributed by atoms with Crippen LogP contribution in [0.3, 0.4) is 0 Å². The minimum Gasteiger partial charge on any atom is -0.371 e. The summed E-state index contributed by atoms with van der Waals surface area (Å²) >= 11 is 12.7. The standard InChI is InChI=1S/C15H12Cl2F3N3S/c1-21-14(11-4-2-3-5-22-11)23-12-7-13(10(17)6-9(12)16)24-8-15(18,19)20/h2-7H,8H2,1H3,(H,21,23). The number of halogens is 5. The van der Waals surface area contributed by atoms with Gasteiger partial charge >= 0.3 is 6.18 Å². The molecule has 0 saturated heterocycles. The van der Waals surface area contributed by atoms with Gasteiger partial charge in [0.1, 0.15) is 5.69 Å². The maximum absolute atomic E-state index is 12.4. The smallest absolute Gasteiger partial charge is 0.371 e. The average Bonchev–Trinajstić information content (AvgIpc) is 2.53. The number of nitrogens with one attached hydrogen (secondary N) is 1. The number of hydrogen-bond acceptors (Lipinski definition) is 3. The van der Waals surface area contributed by atoms with Crippen LogP contribution in [0.1, 0.15) is 5.69 Å². The van der Waals surface area contributed by atoms with Crippen LogP contribution in [0, 0.1) is 0 Å². The number of thioether (sulfide) groups is 1. The zero-order chi connectivity index (χ0) is 17.7. The van der Waals surface area contributed by atoms with Crippen molar-refractivity contribution in [2.45, 2.75) is 11.1 Å². The second-order valence-corrected chi connectivity index (χ2v) is 6.39. The van der Waals surface area contributed by atoms with Crippen LogP contribution < -0.4 is 5.32 Å². The van der Waals surface area contributed by atoms with Gasteiger partial charge in [-0.15, -0.1) is 11.8 Å². The van der Waals surface area contributed by atoms with Gasteiger partial charge in [0.05, 0.1) is 21.5 Å². The predicted molar refractivity (Wildman–Crippen MR) is 92.7 cm³/mol. The lowest BCUT2D eigenvalue weighted by molar-refractivity contribution is -0.105. The van der Waals surface area contributed by atoms with Crippen molar-refractivity contribution in [2.24, 2.45) is 4.99 Å². The number of aromatic nitrogens is 1. The summed E-state index contributed by atoms with van der Waals surface area (Å²) in [6.45, 7) is 0. The molecule has 1 heterocycles. The van der Waals surface area contributed by atoms with E-state index in [0.29, 0.717) is 29.0 Å². The molecule has 1 N–H and O–H groups in total. The lowest BCUT2D eigenvalue weighted by Gasteiger charge is -2.10. The number of pyridine rings is 1. The lowest BCUT2D eigenvalue weighted by Crippen LogP contribution is -2.20. The van der Waals surface area contributed by atoms with Crippen LogP contribution in [0.5, 0.6) is 0 Å². The fraction of sp³-hybridized carbons (Fsp3) is 0.200. The summed E-state index contributed by atoms with van der Waals surface area (Å²) in [6.07, 6.45) is -2.68. The van der Waals surface area contributed by atoms with E-state index in [0.717, 1.165) is 0 Å². The van der Waals surface area contributed by atoms with Crippen LogP contribution in [-0.4, -0.2) is 29.8 Å². The van der Waals surface area contributed by atoms with E-state index >= 15 is 0 Å². The Morgan fingerprint density at radius 3 is 2.58 bits per heavy atom. The van der Waals surface area contributed by atoms with Crippen molar-refractivity contribution in [1.82, 2.24) is 10.3 Å². The van der Waals surface area contributed by atoms with Gasteiger partial charge in [0, 0.05) is 18.1 Å². The van der Waals surface area contributed by atoms with Crippen LogP contribution in [0.4, 0.5) is 18.9 Å². The highest BCUT2D eigenvalue weighted by Gasteiger charge is 2.27. The lowest BCUT2D eigenvalue weighted by atomic mass is 10.3. The van der Waals surface area contributed by atoms with Gasteiger partial charge in [-0.05, 0) is 24.3 Å². The van der Waals surface area contributed by atoms with Crippen molar-refractivity contribution in [3.8, 4) is 0 Å². The third-order valence-corrected chi connectivity index (χ3v) is 4.62. The van der Waals surface area contributed by atoms with Crippen molar-refractivity contribution in [3.05, 3.63) is 52.3 Å². The van der Waals surface area contributed by atoms with Crippen molar-refractivity contribution >= 4 is 46.5 Å². The van der Waals surface area contributed by atoms with Crippen LogP contribution >= 0.6 is 35.0 Å². The third-order valence-electron chi connectivity index (χ3n) is 2.77. The first-order valence-corrected chi connectivity index (χ1v) is 8.41. The highest BCUT2D eigenvalue weighted by atomic mass is 35.5. The number of alkyl halides is 3. The molecule has 0 unspecified atom stereocenters. The van der Waals surface area contributed by atoms with Crippen LogP contribution in [0.25, 0.3) is 0 Å². The molecule has 0 fully saturated rings. The molecular formula is C15H12Cl2F3N3S. The van der Waals surface area contributed by atoms with E-state index in [4.69, 9.17) is 23.2 Å². The van der Waals surface area contributed by atoms with Crippen LogP contribution in [0.15, 0.2) is 46.4 Å². The van der Waals surface area contributed by atoms with Gasteiger partial charge in [-0.3, -0.25) is 4.98 Å². The SMILES string of the molecule is CN/C(=N\c1cc(SCC(F)(F)F)c(Cl)cc1Cl)c1ccccn1. The van der Waals surface area contributed by atoms with E-state index in [-0.39, 0.29) is 14.9 Å². The monoisotopic (exact) mass is 393 g/mol. The first-order valence-electron chi connectivity index (χ1n) is 6.66. The molecule has 1 aromatic carbocycles. The van der Waals surface area contributed by atoms with E-state index in [2.05, 4.69) is 15.3 Å². The molecule has 9 heteroatoms. The van der Waals surface area contributed by atoms with E-state index in [1.807, 2.05) is 0 Å². The maximum Gasteiger partial charge on any atom is 0.398 e. The van der Waals surface area contributed by atoms with Gasteiger partial charge in [0.2, 0.25) is 0 Å². The average molecular weight is 394 g/mol. The number of benzene rings is 1. The van der Waals surface area contributed by atoms with Crippen LogP contribution in [0.2, 0.25) is 10.0 Å². The van der Waals surface area contributed by atoms with Gasteiger partial charge < -0.3 is 5.32 Å². The minimum absolute atomic E-state index is 0.150. The maximum atomic E-state index is 12.4. The molecule has 0 amide bonds. The van der Waals surface area contributed by atoms with Gasteiger partial charge in [-0.2, -0.15) is 13.2 Å². The first kappa shape index (κ1) is 18.9. The molecule has 1 aromatic heterocycles. The number of aliphatic imine (C=N–C) groups is 1. The Balaban J connectivity index is 2.37. The summed E-state index contributed by atoms with van der Waals surface area (Å²) in [7, 11) is 1.66. The summed E-state index contributed by atoms with van der Waals surface area (Å²) in [5, 5.41) is 3.28. The highest BCUT2D eigenvalue weighted by Crippen LogP contribution is 2.38. The van der Waals surface area contributed by atoms with Crippen molar-refractivity contribution in [1.29, 1.82) is 0 Å². The molecular weight excluding hydrogens is 382 g/mol. The minimum atomic E-state index is -4.29. The molecule has 24 heavy (non-hydrogen) atoms. The Bertz CT molecular complexity index is 737. The Kier molecular flexibility index (Phi) is 6.37. The van der Waals surface area contributed by atoms with Gasteiger partial charge in [0.15, 0.2) is 5.84 Å². The molecule has 0 spiro atoms. The molecule has 0 saturated carbocycles. The zero-order valence-electron chi connectivity index (χ0n) is 12.4. The predicted octanol–water partition coefficient (Wildman–Crippen LogP) is 5.34. The molecule has 0 bridgehead atoms. The second kappa shape index (κ2) is 8.09. The number of hydrogen-bond donors (Lipinski definition) is 1. The normalized spacial score (nSPS) is 12.3. The molecule has 2 aromatic rings. The number of rotatable bonds is 4. The van der Waals surface area contributed by atoms with Crippen molar-refractivity contribution < 1.29 is 13.2 Å². The van der Waals surface area contributed by atoms with Crippen molar-refractivity contribution in [3.63, 3.8) is 0 Å². The number of nitrogens with zero attached hydrogens (tertiary/aromatic N) is 2. The molecule has 3 nitrogen and oxygen atoms in total. The van der Waals surface area contributed by atoms with Gasteiger partial charge in [-0.1, -0.05) is 29.3 Å². The molecule has 128 valence electrons. The Morgan fingerprint density at radius 2 is 2.00 bits per heavy atom. The largest absolute Gasteiger partial charge is 0.398 e. The van der Waals surface area contributed by atoms with E-state index < -0.39 is 11.9 Å². The Labute approximate surface area is 151 Å². The molecule has 0 aliphatic rings. The fourth-order valence-corrected chi connectivity index (χ4v) is 3.04. The zero-order valence-corrected chi connectivity index (χ0v) is 14.7. The number of amidine groups is 1. The summed E-state index contributed by atoms with van der Waals surface area (Å²) in [4.78, 5) is 8.78. The molecule has 0 aliphatic carbocycles. The summed E-state index contributed by atoms with van der Waals surface area (Å²) in [5.41, 5.74) is 0.885. The Morgan fingerprint density at radius 1 is 1.25 bits per heavy atom. The topological polar surface area (TPSA) is 37.3 Å². The fourth-order valence-electron chi connectivity index (χ4n) is 1.74. The molecule has 0 aliphatic heterocycles. The quantitative estimate of drug-likeness (QED) is 0.432. The summed E-state index contributed by atoms with van der Waals surface area (Å²) in [6, 6.07) is 8.12. The second-order valence-electron chi connectivity index (χ2n) is 4.56. The molecule has 0 atom stereocenters. The van der Waals surface area contributed by atoms with E-state index in [1.54, 1.807) is 31.4 Å². The van der Waals surface area contributed by atoms with Crippen LogP contribution in [-0.2, 0) is 0 Å². The molecule has 0 radical (unpaired) electrons. The van der Waals surface area contributed by atoms with Crippen molar-refractivity contribution in [2.75, 3.05) is 12.8 Å². The van der Waals surface area contributed by atoms with E-state index in [1.165, 1.54) is 12.1 Å². The first-order chi connectivity index (χ1) is 11.3. The molecule has 2 rings (SSSR count). The Hall–Kier alpha value is -1.44.